The van der Waals surface area contributed by atoms with Crippen LogP contribution in [0.5, 0.6) is 0 Å². The Morgan fingerprint density at radius 3 is 2.17 bits per heavy atom. The Morgan fingerprint density at radius 2 is 1.58 bits per heavy atom. The Morgan fingerprint density at radius 1 is 0.972 bits per heavy atom. The van der Waals surface area contributed by atoms with Crippen molar-refractivity contribution in [2.24, 2.45) is 0 Å². The highest BCUT2D eigenvalue weighted by Gasteiger charge is 2.32. The van der Waals surface area contributed by atoms with Crippen molar-refractivity contribution in [1.29, 1.82) is 0 Å². The summed E-state index contributed by atoms with van der Waals surface area (Å²) in [6, 6.07) is 18.4. The molecule has 3 rings (SSSR count). The minimum atomic E-state index is -4.18. The van der Waals surface area contributed by atoms with Gasteiger partial charge in [0, 0.05) is 18.1 Å². The van der Waals surface area contributed by atoms with Crippen molar-refractivity contribution in [3.63, 3.8) is 0 Å². The lowest BCUT2D eigenvalue weighted by Gasteiger charge is -2.32. The van der Waals surface area contributed by atoms with E-state index in [1.807, 2.05) is 0 Å². The number of rotatable bonds is 10. The molecule has 0 aliphatic carbocycles. The first-order chi connectivity index (χ1) is 17.1. The van der Waals surface area contributed by atoms with Gasteiger partial charge in [-0.15, -0.1) is 0 Å². The zero-order chi connectivity index (χ0) is 26.3. The quantitative estimate of drug-likeness (QED) is 0.424. The summed E-state index contributed by atoms with van der Waals surface area (Å²) in [5.41, 5.74) is 0.828. The number of benzene rings is 3. The molecule has 0 unspecified atom stereocenters. The largest absolute Gasteiger partial charge is 0.355 e. The van der Waals surface area contributed by atoms with Gasteiger partial charge in [0.2, 0.25) is 11.8 Å². The van der Waals surface area contributed by atoms with Crippen LogP contribution in [-0.2, 0) is 26.2 Å². The van der Waals surface area contributed by atoms with Gasteiger partial charge in [-0.3, -0.25) is 13.9 Å². The molecule has 0 aliphatic heterocycles. The number of sulfonamides is 1. The van der Waals surface area contributed by atoms with E-state index in [0.29, 0.717) is 17.1 Å². The highest BCUT2D eigenvalue weighted by molar-refractivity contribution is 7.92. The van der Waals surface area contributed by atoms with Crippen LogP contribution in [0.25, 0.3) is 0 Å². The van der Waals surface area contributed by atoms with Gasteiger partial charge in [-0.2, -0.15) is 0 Å². The molecule has 0 saturated heterocycles. The average molecular weight is 532 g/mol. The molecular formula is C26H27ClFN3O4S. The smallest absolute Gasteiger partial charge is 0.264 e. The summed E-state index contributed by atoms with van der Waals surface area (Å²) in [6.45, 7) is 3.17. The standard InChI is InChI=1S/C26H27ClFN3O4S/c1-3-29-26(33)19(2)30(17-20-9-11-21(27)12-10-20)25(32)18-31(23-15-13-22(28)14-16-23)36(34,35)24-7-5-4-6-8-24/h4-16,19H,3,17-18H2,1-2H3,(H,29,33)/t19-/m1/s1. The van der Waals surface area contributed by atoms with Crippen LogP contribution in [0.4, 0.5) is 10.1 Å². The topological polar surface area (TPSA) is 86.8 Å². The van der Waals surface area contributed by atoms with Crippen LogP contribution in [0.15, 0.2) is 83.8 Å². The predicted molar refractivity (Wildman–Crippen MR) is 138 cm³/mol. The second kappa shape index (κ2) is 12.0. The number of hydrogen-bond acceptors (Lipinski definition) is 4. The number of hydrogen-bond donors (Lipinski definition) is 1. The lowest BCUT2D eigenvalue weighted by molar-refractivity contribution is -0.139. The van der Waals surface area contributed by atoms with Crippen molar-refractivity contribution >= 4 is 39.1 Å². The van der Waals surface area contributed by atoms with Gasteiger partial charge >= 0.3 is 0 Å². The first kappa shape index (κ1) is 27.2. The highest BCUT2D eigenvalue weighted by atomic mass is 35.5. The third-order valence-electron chi connectivity index (χ3n) is 5.51. The molecule has 3 aromatic rings. The second-order valence-electron chi connectivity index (χ2n) is 8.02. The normalized spacial score (nSPS) is 12.0. The van der Waals surface area contributed by atoms with Crippen molar-refractivity contribution in [2.45, 2.75) is 31.3 Å². The molecule has 10 heteroatoms. The van der Waals surface area contributed by atoms with E-state index in [4.69, 9.17) is 11.6 Å². The maximum Gasteiger partial charge on any atom is 0.264 e. The molecule has 7 nitrogen and oxygen atoms in total. The van der Waals surface area contributed by atoms with Crippen molar-refractivity contribution in [2.75, 3.05) is 17.4 Å². The van der Waals surface area contributed by atoms with E-state index in [2.05, 4.69) is 5.32 Å². The zero-order valence-electron chi connectivity index (χ0n) is 19.9. The molecule has 0 aliphatic rings. The Kier molecular flexibility index (Phi) is 9.06. The van der Waals surface area contributed by atoms with Crippen molar-refractivity contribution in [3.05, 3.63) is 95.3 Å². The van der Waals surface area contributed by atoms with Gasteiger partial charge < -0.3 is 10.2 Å². The number of halogens is 2. The third-order valence-corrected chi connectivity index (χ3v) is 7.55. The van der Waals surface area contributed by atoms with Crippen molar-refractivity contribution in [3.8, 4) is 0 Å². The summed E-state index contributed by atoms with van der Waals surface area (Å²) < 4.78 is 41.6. The Balaban J connectivity index is 2.00. The molecule has 0 radical (unpaired) electrons. The van der Waals surface area contributed by atoms with E-state index in [-0.39, 0.29) is 23.0 Å². The van der Waals surface area contributed by atoms with Crippen LogP contribution in [0, 0.1) is 5.82 Å². The fraction of sp³-hybridized carbons (Fsp3) is 0.231. The molecule has 0 fully saturated rings. The molecule has 36 heavy (non-hydrogen) atoms. The molecule has 0 heterocycles. The summed E-state index contributed by atoms with van der Waals surface area (Å²) in [5.74, 6) is -1.53. The summed E-state index contributed by atoms with van der Waals surface area (Å²) in [7, 11) is -4.18. The Bertz CT molecular complexity index is 1290. The number of nitrogens with one attached hydrogen (secondary N) is 1. The van der Waals surface area contributed by atoms with E-state index in [0.717, 1.165) is 16.4 Å². The fourth-order valence-electron chi connectivity index (χ4n) is 3.55. The summed E-state index contributed by atoms with van der Waals surface area (Å²) in [4.78, 5) is 27.6. The molecule has 1 N–H and O–H groups in total. The van der Waals surface area contributed by atoms with Crippen molar-refractivity contribution in [1.82, 2.24) is 10.2 Å². The van der Waals surface area contributed by atoms with E-state index in [1.54, 1.807) is 56.3 Å². The monoisotopic (exact) mass is 531 g/mol. The number of nitrogens with zero attached hydrogens (tertiary/aromatic N) is 2. The first-order valence-corrected chi connectivity index (χ1v) is 13.1. The van der Waals surface area contributed by atoms with Gasteiger partial charge in [-0.25, -0.2) is 12.8 Å². The third kappa shape index (κ3) is 6.61. The van der Waals surface area contributed by atoms with E-state index < -0.39 is 34.3 Å². The maximum atomic E-state index is 13.6. The van der Waals surface area contributed by atoms with Crippen LogP contribution in [-0.4, -0.2) is 44.3 Å². The summed E-state index contributed by atoms with van der Waals surface area (Å²) in [5, 5.41) is 3.21. The number of anilines is 1. The van der Waals surface area contributed by atoms with Gasteiger partial charge in [0.25, 0.3) is 10.0 Å². The zero-order valence-corrected chi connectivity index (χ0v) is 21.5. The fourth-order valence-corrected chi connectivity index (χ4v) is 5.11. The van der Waals surface area contributed by atoms with Crippen LogP contribution >= 0.6 is 11.6 Å². The van der Waals surface area contributed by atoms with E-state index in [1.165, 1.54) is 29.2 Å². The number of amides is 2. The minimum absolute atomic E-state index is 0.0249. The Hall–Kier alpha value is -3.43. The molecule has 2 amide bonds. The van der Waals surface area contributed by atoms with E-state index >= 15 is 0 Å². The average Bonchev–Trinajstić information content (AvgIpc) is 2.87. The molecule has 0 spiro atoms. The van der Waals surface area contributed by atoms with Gasteiger partial charge in [-0.1, -0.05) is 41.9 Å². The SMILES string of the molecule is CCNC(=O)[C@@H](C)N(Cc1ccc(Cl)cc1)C(=O)CN(c1ccc(F)cc1)S(=O)(=O)c1ccccc1. The first-order valence-electron chi connectivity index (χ1n) is 11.3. The maximum absolute atomic E-state index is 13.6. The highest BCUT2D eigenvalue weighted by Crippen LogP contribution is 2.25. The van der Waals surface area contributed by atoms with Crippen LogP contribution in [0.2, 0.25) is 5.02 Å². The lowest BCUT2D eigenvalue weighted by Crippen LogP contribution is -2.51. The molecule has 0 aromatic heterocycles. The minimum Gasteiger partial charge on any atom is -0.355 e. The van der Waals surface area contributed by atoms with Gasteiger partial charge in [0.15, 0.2) is 0 Å². The van der Waals surface area contributed by atoms with Crippen LogP contribution in [0.3, 0.4) is 0 Å². The van der Waals surface area contributed by atoms with Crippen LogP contribution in [0.1, 0.15) is 19.4 Å². The number of carbonyl (C=O) groups excluding carboxylic acids is 2. The van der Waals surface area contributed by atoms with E-state index in [9.17, 15) is 22.4 Å². The van der Waals surface area contributed by atoms with Crippen molar-refractivity contribution < 1.29 is 22.4 Å². The van der Waals surface area contributed by atoms with Crippen LogP contribution < -0.4 is 9.62 Å². The second-order valence-corrected chi connectivity index (χ2v) is 10.3. The van der Waals surface area contributed by atoms with Gasteiger partial charge in [0.1, 0.15) is 18.4 Å². The van der Waals surface area contributed by atoms with Gasteiger partial charge in [0.05, 0.1) is 10.6 Å². The molecule has 190 valence electrons. The molecule has 0 saturated carbocycles. The Labute approximate surface area is 215 Å². The molecule has 1 atom stereocenters. The lowest BCUT2D eigenvalue weighted by atomic mass is 10.1. The van der Waals surface area contributed by atoms with Gasteiger partial charge in [-0.05, 0) is 67.9 Å². The predicted octanol–water partition coefficient (Wildman–Crippen LogP) is 4.23. The summed E-state index contributed by atoms with van der Waals surface area (Å²) in [6.07, 6.45) is 0. The number of carbonyl (C=O) groups is 2. The summed E-state index contributed by atoms with van der Waals surface area (Å²) >= 11 is 5.98. The molecule has 3 aromatic carbocycles. The number of likely N-dealkylation sites (N-methyl/N-ethyl adjacent to an activating group) is 1. The molecule has 0 bridgehead atoms. The molecular weight excluding hydrogens is 505 g/mol.